The first kappa shape index (κ1) is 8.39. The number of nitrogens with two attached hydrogens (primary N) is 1. The third kappa shape index (κ3) is 1.09. The van der Waals surface area contributed by atoms with E-state index in [0.29, 0.717) is 0 Å². The van der Waals surface area contributed by atoms with E-state index in [1.54, 1.807) is 5.70 Å². The van der Waals surface area contributed by atoms with Gasteiger partial charge in [0.15, 0.2) is 0 Å². The summed E-state index contributed by atoms with van der Waals surface area (Å²) in [4.78, 5) is 2.50. The molecule has 2 heteroatoms. The van der Waals surface area contributed by atoms with Crippen LogP contribution in [0.4, 0.5) is 0 Å². The molecule has 0 saturated carbocycles. The topological polar surface area (TPSA) is 29.3 Å². The molecule has 2 aliphatic heterocycles. The van der Waals surface area contributed by atoms with Gasteiger partial charge in [-0.15, -0.1) is 0 Å². The Hall–Kier alpha value is -0.920. The molecule has 1 unspecified atom stereocenters. The lowest BCUT2D eigenvalue weighted by Crippen LogP contribution is -2.32. The van der Waals surface area contributed by atoms with Gasteiger partial charge in [0.05, 0.1) is 0 Å². The van der Waals surface area contributed by atoms with Gasteiger partial charge in [-0.3, -0.25) is 0 Å². The Morgan fingerprint density at radius 1 is 1.36 bits per heavy atom. The third-order valence-corrected chi connectivity index (χ3v) is 3.80. The molecule has 1 atom stereocenters. The van der Waals surface area contributed by atoms with Crippen molar-refractivity contribution in [1.29, 1.82) is 0 Å². The van der Waals surface area contributed by atoms with E-state index in [1.807, 2.05) is 0 Å². The van der Waals surface area contributed by atoms with E-state index in [9.17, 15) is 0 Å². The quantitative estimate of drug-likeness (QED) is 0.635. The summed E-state index contributed by atoms with van der Waals surface area (Å²) < 4.78 is 0. The summed E-state index contributed by atoms with van der Waals surface area (Å²) in [5.41, 5.74) is 10.3. The molecule has 3 aliphatic rings. The van der Waals surface area contributed by atoms with E-state index in [4.69, 9.17) is 5.73 Å². The van der Waals surface area contributed by atoms with Crippen molar-refractivity contribution in [1.82, 2.24) is 4.90 Å². The van der Waals surface area contributed by atoms with Crippen LogP contribution in [0.1, 0.15) is 38.5 Å². The lowest BCUT2D eigenvalue weighted by atomic mass is 9.85. The zero-order valence-corrected chi connectivity index (χ0v) is 8.63. The highest BCUT2D eigenvalue weighted by Gasteiger charge is 2.33. The molecule has 0 amide bonds. The van der Waals surface area contributed by atoms with Crippen molar-refractivity contribution in [3.63, 3.8) is 0 Å². The highest BCUT2D eigenvalue weighted by atomic mass is 15.2. The molecule has 76 valence electrons. The smallest absolute Gasteiger partial charge is 0.0366 e. The Bertz CT molecular complexity index is 314. The maximum absolute atomic E-state index is 6.14. The van der Waals surface area contributed by atoms with Gasteiger partial charge in [-0.25, -0.2) is 0 Å². The van der Waals surface area contributed by atoms with Crippen molar-refractivity contribution < 1.29 is 0 Å². The highest BCUT2D eigenvalue weighted by Crippen LogP contribution is 2.42. The summed E-state index contributed by atoms with van der Waals surface area (Å²) in [6.07, 6.45) is 10.0. The molecule has 0 aromatic rings. The largest absolute Gasteiger partial charge is 0.401 e. The molecule has 2 N–H and O–H groups in total. The van der Waals surface area contributed by atoms with E-state index in [0.717, 1.165) is 12.3 Å². The minimum Gasteiger partial charge on any atom is -0.401 e. The molecule has 0 spiro atoms. The summed E-state index contributed by atoms with van der Waals surface area (Å²) in [5, 5.41) is 0. The number of allylic oxidation sites excluding steroid dienone is 4. The predicted molar refractivity (Wildman–Crippen MR) is 57.2 cm³/mol. The molecule has 3 rings (SSSR count). The molecule has 14 heavy (non-hydrogen) atoms. The second-order valence-electron chi connectivity index (χ2n) is 4.69. The van der Waals surface area contributed by atoms with Crippen LogP contribution < -0.4 is 5.73 Å². The van der Waals surface area contributed by atoms with Gasteiger partial charge in [-0.1, -0.05) is 6.08 Å². The molecule has 0 radical (unpaired) electrons. The van der Waals surface area contributed by atoms with Gasteiger partial charge in [-0.05, 0) is 38.5 Å². The summed E-state index contributed by atoms with van der Waals surface area (Å²) in [6.45, 7) is 1.21. The normalized spacial score (nSPS) is 31.3. The van der Waals surface area contributed by atoms with Crippen molar-refractivity contribution >= 4 is 0 Å². The SMILES string of the molecule is NC1=C2CCCN2C2=CCCCC2C1. The minimum atomic E-state index is 0.741. The van der Waals surface area contributed by atoms with Crippen molar-refractivity contribution in [2.24, 2.45) is 11.7 Å². The van der Waals surface area contributed by atoms with E-state index in [1.165, 1.54) is 50.0 Å². The van der Waals surface area contributed by atoms with Gasteiger partial charge in [0.25, 0.3) is 0 Å². The van der Waals surface area contributed by atoms with E-state index >= 15 is 0 Å². The van der Waals surface area contributed by atoms with Gasteiger partial charge >= 0.3 is 0 Å². The Balaban J connectivity index is 2.01. The van der Waals surface area contributed by atoms with Crippen molar-refractivity contribution in [2.75, 3.05) is 6.54 Å². The molecule has 0 bridgehead atoms. The summed E-state index contributed by atoms with van der Waals surface area (Å²) in [6, 6.07) is 0. The third-order valence-electron chi connectivity index (χ3n) is 3.80. The molecular formula is C12H18N2. The zero-order valence-electron chi connectivity index (χ0n) is 8.63. The molecule has 2 nitrogen and oxygen atoms in total. The lowest BCUT2D eigenvalue weighted by molar-refractivity contribution is 0.334. The zero-order chi connectivity index (χ0) is 9.54. The van der Waals surface area contributed by atoms with Crippen LogP contribution in [-0.2, 0) is 0 Å². The van der Waals surface area contributed by atoms with E-state index in [2.05, 4.69) is 11.0 Å². The molecule has 1 fully saturated rings. The van der Waals surface area contributed by atoms with Gasteiger partial charge < -0.3 is 10.6 Å². The maximum atomic E-state index is 6.14. The van der Waals surface area contributed by atoms with Gasteiger partial charge in [-0.2, -0.15) is 0 Å². The molecule has 1 saturated heterocycles. The molecule has 2 heterocycles. The van der Waals surface area contributed by atoms with Crippen LogP contribution in [0, 0.1) is 5.92 Å². The van der Waals surface area contributed by atoms with Crippen LogP contribution in [0.3, 0.4) is 0 Å². The van der Waals surface area contributed by atoms with E-state index < -0.39 is 0 Å². The van der Waals surface area contributed by atoms with Crippen LogP contribution in [0.15, 0.2) is 23.2 Å². The number of rotatable bonds is 0. The van der Waals surface area contributed by atoms with Crippen LogP contribution in [0.5, 0.6) is 0 Å². The first-order valence-electron chi connectivity index (χ1n) is 5.81. The van der Waals surface area contributed by atoms with Gasteiger partial charge in [0.1, 0.15) is 0 Å². The minimum absolute atomic E-state index is 0.741. The van der Waals surface area contributed by atoms with Crippen LogP contribution in [-0.4, -0.2) is 11.4 Å². The Kier molecular flexibility index (Phi) is 1.82. The van der Waals surface area contributed by atoms with Gasteiger partial charge in [0.2, 0.25) is 0 Å². The fourth-order valence-corrected chi connectivity index (χ4v) is 3.14. The summed E-state index contributed by atoms with van der Waals surface area (Å²) >= 11 is 0. The molecule has 0 aromatic carbocycles. The number of hydrogen-bond donors (Lipinski definition) is 1. The van der Waals surface area contributed by atoms with Crippen LogP contribution in [0.25, 0.3) is 0 Å². The molecule has 0 aromatic heterocycles. The maximum Gasteiger partial charge on any atom is 0.0366 e. The lowest BCUT2D eigenvalue weighted by Gasteiger charge is -2.38. The second-order valence-corrected chi connectivity index (χ2v) is 4.69. The fourth-order valence-electron chi connectivity index (χ4n) is 3.14. The Morgan fingerprint density at radius 3 is 3.21 bits per heavy atom. The van der Waals surface area contributed by atoms with Gasteiger partial charge in [0, 0.05) is 29.6 Å². The Labute approximate surface area is 85.5 Å². The average molecular weight is 190 g/mol. The number of hydrogen-bond acceptors (Lipinski definition) is 2. The first-order chi connectivity index (χ1) is 6.86. The monoisotopic (exact) mass is 190 g/mol. The average Bonchev–Trinajstić information content (AvgIpc) is 2.67. The summed E-state index contributed by atoms with van der Waals surface area (Å²) in [5.74, 6) is 0.741. The van der Waals surface area contributed by atoms with Crippen molar-refractivity contribution in [3.05, 3.63) is 23.2 Å². The Morgan fingerprint density at radius 2 is 2.29 bits per heavy atom. The number of fused-ring (bicyclic) bond motifs is 3. The second kappa shape index (κ2) is 3.04. The van der Waals surface area contributed by atoms with E-state index in [-0.39, 0.29) is 0 Å². The highest BCUT2D eigenvalue weighted by molar-refractivity contribution is 5.29. The van der Waals surface area contributed by atoms with Crippen LogP contribution >= 0.6 is 0 Å². The molecule has 1 aliphatic carbocycles. The first-order valence-corrected chi connectivity index (χ1v) is 5.81. The van der Waals surface area contributed by atoms with Crippen LogP contribution in [0.2, 0.25) is 0 Å². The fraction of sp³-hybridized carbons (Fsp3) is 0.667. The number of nitrogens with zero attached hydrogens (tertiary/aromatic N) is 1. The predicted octanol–water partition coefficient (Wildman–Crippen LogP) is 2.34. The molecular weight excluding hydrogens is 172 g/mol. The van der Waals surface area contributed by atoms with Crippen molar-refractivity contribution in [3.8, 4) is 0 Å². The van der Waals surface area contributed by atoms with Crippen molar-refractivity contribution in [2.45, 2.75) is 38.5 Å². The standard InChI is InChI=1S/C12H18N2/c13-10-8-9-4-1-2-5-11(9)14-7-3-6-12(10)14/h5,9H,1-4,6-8,13H2. The summed E-state index contributed by atoms with van der Waals surface area (Å²) in [7, 11) is 0.